The van der Waals surface area contributed by atoms with Gasteiger partial charge in [0, 0.05) is 6.07 Å². The van der Waals surface area contributed by atoms with Crippen LogP contribution in [-0.2, 0) is 24.3 Å². The van der Waals surface area contributed by atoms with E-state index in [1.54, 1.807) is 13.0 Å². The summed E-state index contributed by atoms with van der Waals surface area (Å²) in [5.41, 5.74) is 1.28. The van der Waals surface area contributed by atoms with Gasteiger partial charge in [-0.15, -0.1) is 0 Å². The van der Waals surface area contributed by atoms with E-state index in [2.05, 4.69) is 9.46 Å². The lowest BCUT2D eigenvalue weighted by Crippen LogP contribution is -2.32. The van der Waals surface area contributed by atoms with Crippen molar-refractivity contribution in [1.82, 2.24) is 4.72 Å². The molecular weight excluding hydrogens is 394 g/mol. The van der Waals surface area contributed by atoms with Crippen molar-refractivity contribution >= 4 is 27.6 Å². The Labute approximate surface area is 160 Å². The van der Waals surface area contributed by atoms with Gasteiger partial charge in [0.15, 0.2) is 6.61 Å². The van der Waals surface area contributed by atoms with E-state index < -0.39 is 52.4 Å². The number of hydrogen-bond acceptors (Lipinski definition) is 5. The topological polar surface area (TPSA) is 102 Å². The fourth-order valence-corrected chi connectivity index (χ4v) is 3.15. The van der Waals surface area contributed by atoms with E-state index >= 15 is 0 Å². The van der Waals surface area contributed by atoms with E-state index in [0.29, 0.717) is 0 Å². The molecule has 2 N–H and O–H groups in total. The maximum atomic E-state index is 13.4. The van der Waals surface area contributed by atoms with E-state index in [9.17, 15) is 26.8 Å². The molecule has 0 atom stereocenters. The van der Waals surface area contributed by atoms with Crippen LogP contribution < -0.4 is 10.0 Å². The second-order valence-corrected chi connectivity index (χ2v) is 7.67. The summed E-state index contributed by atoms with van der Waals surface area (Å²) in [4.78, 5) is 23.3. The predicted octanol–water partition coefficient (Wildman–Crippen LogP) is 2.04. The first kappa shape index (κ1) is 21.5. The highest BCUT2D eigenvalue weighted by atomic mass is 32.2. The summed E-state index contributed by atoms with van der Waals surface area (Å²) in [6.07, 6.45) is 0. The average Bonchev–Trinajstić information content (AvgIpc) is 2.63. The van der Waals surface area contributed by atoms with Crippen molar-refractivity contribution in [2.45, 2.75) is 18.7 Å². The first-order valence-electron chi connectivity index (χ1n) is 8.06. The van der Waals surface area contributed by atoms with Gasteiger partial charge >= 0.3 is 5.97 Å². The van der Waals surface area contributed by atoms with Gasteiger partial charge in [0.1, 0.15) is 18.2 Å². The third kappa shape index (κ3) is 5.83. The average molecular weight is 412 g/mol. The number of carbonyl (C=O) groups excluding carboxylic acids is 2. The SMILES string of the molecule is Cc1ccc(S(=O)(=O)NCC(=O)OCC(=O)Nc2cc(F)ccc2F)cc1C. The third-order valence-corrected chi connectivity index (χ3v) is 5.16. The molecule has 2 aromatic carbocycles. The number of anilines is 1. The van der Waals surface area contributed by atoms with Crippen LogP contribution in [0.15, 0.2) is 41.3 Å². The van der Waals surface area contributed by atoms with E-state index in [4.69, 9.17) is 0 Å². The van der Waals surface area contributed by atoms with Crippen molar-refractivity contribution in [3.05, 3.63) is 59.2 Å². The molecule has 2 aromatic rings. The van der Waals surface area contributed by atoms with Gasteiger partial charge in [-0.1, -0.05) is 6.07 Å². The number of sulfonamides is 1. The van der Waals surface area contributed by atoms with Crippen molar-refractivity contribution in [2.75, 3.05) is 18.5 Å². The van der Waals surface area contributed by atoms with Gasteiger partial charge in [-0.3, -0.25) is 9.59 Å². The van der Waals surface area contributed by atoms with Gasteiger partial charge in [0.2, 0.25) is 10.0 Å². The summed E-state index contributed by atoms with van der Waals surface area (Å²) in [7, 11) is -3.93. The van der Waals surface area contributed by atoms with Crippen LogP contribution in [-0.4, -0.2) is 33.4 Å². The number of aryl methyl sites for hydroxylation is 2. The van der Waals surface area contributed by atoms with Crippen molar-refractivity contribution < 1.29 is 31.5 Å². The zero-order valence-corrected chi connectivity index (χ0v) is 15.9. The monoisotopic (exact) mass is 412 g/mol. The summed E-state index contributed by atoms with van der Waals surface area (Å²) in [6, 6.07) is 6.98. The van der Waals surface area contributed by atoms with E-state index in [1.807, 2.05) is 12.2 Å². The molecule has 0 spiro atoms. The largest absolute Gasteiger partial charge is 0.455 e. The van der Waals surface area contributed by atoms with Crippen LogP contribution >= 0.6 is 0 Å². The second kappa shape index (κ2) is 8.89. The normalized spacial score (nSPS) is 11.1. The molecule has 10 heteroatoms. The minimum Gasteiger partial charge on any atom is -0.455 e. The summed E-state index contributed by atoms with van der Waals surface area (Å²) in [6.45, 7) is 2.09. The molecule has 0 aliphatic heterocycles. The van der Waals surface area contributed by atoms with Crippen LogP contribution in [0.1, 0.15) is 11.1 Å². The molecule has 0 aliphatic rings. The Balaban J connectivity index is 1.85. The number of rotatable bonds is 7. The van der Waals surface area contributed by atoms with Gasteiger partial charge in [-0.2, -0.15) is 4.72 Å². The number of nitrogens with one attached hydrogen (secondary N) is 2. The van der Waals surface area contributed by atoms with Gasteiger partial charge < -0.3 is 10.1 Å². The zero-order valence-electron chi connectivity index (χ0n) is 15.1. The summed E-state index contributed by atoms with van der Waals surface area (Å²) in [5, 5.41) is 2.05. The number of esters is 1. The molecule has 0 saturated carbocycles. The molecule has 0 aliphatic carbocycles. The fourth-order valence-electron chi connectivity index (χ4n) is 2.09. The zero-order chi connectivity index (χ0) is 20.9. The quantitative estimate of drug-likeness (QED) is 0.678. The highest BCUT2D eigenvalue weighted by Crippen LogP contribution is 2.15. The van der Waals surface area contributed by atoms with E-state index in [0.717, 1.165) is 29.3 Å². The Hall–Kier alpha value is -2.85. The van der Waals surface area contributed by atoms with E-state index in [1.165, 1.54) is 12.1 Å². The van der Waals surface area contributed by atoms with Crippen molar-refractivity contribution in [2.24, 2.45) is 0 Å². The van der Waals surface area contributed by atoms with Crippen molar-refractivity contribution in [3.8, 4) is 0 Å². The van der Waals surface area contributed by atoms with Crippen LogP contribution in [0.25, 0.3) is 0 Å². The highest BCUT2D eigenvalue weighted by Gasteiger charge is 2.17. The first-order chi connectivity index (χ1) is 13.1. The van der Waals surface area contributed by atoms with Crippen LogP contribution in [0, 0.1) is 25.5 Å². The first-order valence-corrected chi connectivity index (χ1v) is 9.54. The van der Waals surface area contributed by atoms with Gasteiger partial charge in [0.05, 0.1) is 10.6 Å². The predicted molar refractivity (Wildman–Crippen MR) is 97.1 cm³/mol. The molecule has 0 fully saturated rings. The lowest BCUT2D eigenvalue weighted by atomic mass is 10.1. The maximum absolute atomic E-state index is 13.4. The maximum Gasteiger partial charge on any atom is 0.321 e. The van der Waals surface area contributed by atoms with Gasteiger partial charge in [-0.25, -0.2) is 17.2 Å². The molecule has 0 aromatic heterocycles. The van der Waals surface area contributed by atoms with Crippen molar-refractivity contribution in [3.63, 3.8) is 0 Å². The molecule has 7 nitrogen and oxygen atoms in total. The number of benzene rings is 2. The van der Waals surface area contributed by atoms with Crippen LogP contribution in [0.2, 0.25) is 0 Å². The summed E-state index contributed by atoms with van der Waals surface area (Å²) < 4.78 is 57.5. The Kier molecular flexibility index (Phi) is 6.81. The Morgan fingerprint density at radius 3 is 2.43 bits per heavy atom. The molecular formula is C18H18F2N2O5S. The lowest BCUT2D eigenvalue weighted by Gasteiger charge is -2.09. The number of ether oxygens (including phenoxy) is 1. The lowest BCUT2D eigenvalue weighted by molar-refractivity contribution is -0.146. The van der Waals surface area contributed by atoms with E-state index in [-0.39, 0.29) is 4.90 Å². The van der Waals surface area contributed by atoms with Gasteiger partial charge in [-0.05, 0) is 49.2 Å². The van der Waals surface area contributed by atoms with Crippen LogP contribution in [0.5, 0.6) is 0 Å². The molecule has 150 valence electrons. The fraction of sp³-hybridized carbons (Fsp3) is 0.222. The van der Waals surface area contributed by atoms with Crippen molar-refractivity contribution in [1.29, 1.82) is 0 Å². The molecule has 1 amide bonds. The molecule has 0 heterocycles. The van der Waals surface area contributed by atoms with Crippen LogP contribution in [0.4, 0.5) is 14.5 Å². The highest BCUT2D eigenvalue weighted by molar-refractivity contribution is 7.89. The Morgan fingerprint density at radius 2 is 1.75 bits per heavy atom. The molecule has 0 unspecified atom stereocenters. The minimum absolute atomic E-state index is 0.0114. The molecule has 28 heavy (non-hydrogen) atoms. The smallest absolute Gasteiger partial charge is 0.321 e. The molecule has 2 rings (SSSR count). The molecule has 0 saturated heterocycles. The number of hydrogen-bond donors (Lipinski definition) is 2. The Bertz CT molecular complexity index is 1010. The minimum atomic E-state index is -3.93. The standard InChI is InChI=1S/C18H18F2N2O5S/c1-11-3-5-14(7-12(11)2)28(25,26)21-9-18(24)27-10-17(23)22-16-8-13(19)4-6-15(16)20/h3-8,21H,9-10H2,1-2H3,(H,22,23). The summed E-state index contributed by atoms with van der Waals surface area (Å²) in [5.74, 6) is -3.53. The van der Waals surface area contributed by atoms with Gasteiger partial charge in [0.25, 0.3) is 5.91 Å². The molecule has 0 bridgehead atoms. The second-order valence-electron chi connectivity index (χ2n) is 5.90. The number of carbonyl (C=O) groups is 2. The number of halogens is 2. The molecule has 0 radical (unpaired) electrons. The number of amides is 1. The Morgan fingerprint density at radius 1 is 1.04 bits per heavy atom. The summed E-state index contributed by atoms with van der Waals surface area (Å²) >= 11 is 0. The van der Waals surface area contributed by atoms with Crippen LogP contribution in [0.3, 0.4) is 0 Å². The third-order valence-electron chi connectivity index (χ3n) is 3.76.